The van der Waals surface area contributed by atoms with Crippen molar-refractivity contribution in [3.05, 3.63) is 63.2 Å². The van der Waals surface area contributed by atoms with Crippen molar-refractivity contribution in [2.45, 2.75) is 38.7 Å². The number of hydrogen-bond acceptors (Lipinski definition) is 6. The summed E-state index contributed by atoms with van der Waals surface area (Å²) in [6, 6.07) is 9.63. The third-order valence-corrected chi connectivity index (χ3v) is 6.13. The van der Waals surface area contributed by atoms with Gasteiger partial charge in [-0.05, 0) is 56.9 Å². The quantitative estimate of drug-likeness (QED) is 0.490. The summed E-state index contributed by atoms with van der Waals surface area (Å²) < 4.78 is 5.60. The summed E-state index contributed by atoms with van der Waals surface area (Å²) in [5, 5.41) is 16.9. The number of benzene rings is 2. The number of rotatable bonds is 7. The van der Waals surface area contributed by atoms with Gasteiger partial charge in [0, 0.05) is 54.8 Å². The van der Waals surface area contributed by atoms with Crippen LogP contribution in [0.5, 0.6) is 0 Å². The van der Waals surface area contributed by atoms with E-state index in [1.165, 1.54) is 6.07 Å². The van der Waals surface area contributed by atoms with Crippen molar-refractivity contribution in [2.24, 2.45) is 0 Å². The van der Waals surface area contributed by atoms with Crippen molar-refractivity contribution in [2.75, 3.05) is 36.5 Å². The Kier molecular flexibility index (Phi) is 6.88. The van der Waals surface area contributed by atoms with E-state index in [9.17, 15) is 19.7 Å². The first kappa shape index (κ1) is 22.7. The zero-order valence-corrected chi connectivity index (χ0v) is 18.6. The van der Waals surface area contributed by atoms with Gasteiger partial charge < -0.3 is 20.3 Å². The average Bonchev–Trinajstić information content (AvgIpc) is 3.52. The van der Waals surface area contributed by atoms with E-state index in [4.69, 9.17) is 4.74 Å². The largest absolute Gasteiger partial charge is 0.376 e. The first-order valence-electron chi connectivity index (χ1n) is 11.3. The molecule has 2 aromatic rings. The highest BCUT2D eigenvalue weighted by molar-refractivity contribution is 6.06. The van der Waals surface area contributed by atoms with Crippen LogP contribution in [-0.4, -0.2) is 49.1 Å². The number of nitrogens with zero attached hydrogens (tertiary/aromatic N) is 2. The number of ether oxygens (including phenoxy) is 1. The molecular weight excluding hydrogens is 424 g/mol. The monoisotopic (exact) mass is 452 g/mol. The minimum absolute atomic E-state index is 0.0319. The Morgan fingerprint density at radius 1 is 1.12 bits per heavy atom. The first-order valence-corrected chi connectivity index (χ1v) is 11.3. The van der Waals surface area contributed by atoms with Crippen molar-refractivity contribution >= 4 is 28.9 Å². The van der Waals surface area contributed by atoms with Gasteiger partial charge in [-0.2, -0.15) is 0 Å². The fourth-order valence-corrected chi connectivity index (χ4v) is 4.29. The van der Waals surface area contributed by atoms with E-state index in [2.05, 4.69) is 15.5 Å². The number of hydrogen-bond donors (Lipinski definition) is 2. The minimum atomic E-state index is -0.506. The standard InChI is InChI=1S/C24H28N4O5/c1-16-6-7-17(13-22(16)28(31)32)23(29)26-18-8-9-21(27-10-2-3-11-27)20(14-18)24(30)25-15-19-5-4-12-33-19/h6-9,13-14,19H,2-5,10-12,15H2,1H3,(H,25,30)(H,26,29). The van der Waals surface area contributed by atoms with E-state index >= 15 is 0 Å². The fourth-order valence-electron chi connectivity index (χ4n) is 4.29. The van der Waals surface area contributed by atoms with Crippen LogP contribution in [0.1, 0.15) is 52.0 Å². The van der Waals surface area contributed by atoms with Gasteiger partial charge in [0.25, 0.3) is 17.5 Å². The molecule has 33 heavy (non-hydrogen) atoms. The lowest BCUT2D eigenvalue weighted by Crippen LogP contribution is -2.33. The molecule has 2 aliphatic heterocycles. The molecule has 2 heterocycles. The van der Waals surface area contributed by atoms with E-state index < -0.39 is 10.8 Å². The van der Waals surface area contributed by atoms with Crippen LogP contribution < -0.4 is 15.5 Å². The second-order valence-electron chi connectivity index (χ2n) is 8.48. The topological polar surface area (TPSA) is 114 Å². The van der Waals surface area contributed by atoms with Gasteiger partial charge in [-0.3, -0.25) is 19.7 Å². The average molecular weight is 453 g/mol. The Bertz CT molecular complexity index is 1060. The van der Waals surface area contributed by atoms with Gasteiger partial charge in [-0.1, -0.05) is 6.07 Å². The summed E-state index contributed by atoms with van der Waals surface area (Å²) in [6.07, 6.45) is 4.10. The number of nitro benzene ring substituents is 1. The third-order valence-electron chi connectivity index (χ3n) is 6.13. The van der Waals surface area contributed by atoms with Crippen molar-refractivity contribution in [1.82, 2.24) is 5.32 Å². The molecular formula is C24H28N4O5. The van der Waals surface area contributed by atoms with Crippen LogP contribution in [0.3, 0.4) is 0 Å². The number of anilines is 2. The highest BCUT2D eigenvalue weighted by Gasteiger charge is 2.23. The molecule has 2 N–H and O–H groups in total. The molecule has 2 aromatic carbocycles. The van der Waals surface area contributed by atoms with E-state index in [0.29, 0.717) is 23.4 Å². The lowest BCUT2D eigenvalue weighted by Gasteiger charge is -2.22. The Morgan fingerprint density at radius 3 is 2.61 bits per heavy atom. The Morgan fingerprint density at radius 2 is 1.91 bits per heavy atom. The molecule has 174 valence electrons. The lowest BCUT2D eigenvalue weighted by molar-refractivity contribution is -0.385. The summed E-state index contributed by atoms with van der Waals surface area (Å²) in [7, 11) is 0. The number of nitrogens with one attached hydrogen (secondary N) is 2. The molecule has 1 atom stereocenters. The van der Waals surface area contributed by atoms with Gasteiger partial charge in [0.1, 0.15) is 0 Å². The van der Waals surface area contributed by atoms with Gasteiger partial charge in [-0.15, -0.1) is 0 Å². The molecule has 2 amide bonds. The molecule has 0 aliphatic carbocycles. The number of aryl methyl sites for hydroxylation is 1. The molecule has 4 rings (SSSR count). The van der Waals surface area contributed by atoms with E-state index in [1.807, 2.05) is 6.07 Å². The second-order valence-corrected chi connectivity index (χ2v) is 8.48. The summed E-state index contributed by atoms with van der Waals surface area (Å²) in [4.78, 5) is 38.7. The molecule has 9 heteroatoms. The predicted molar refractivity (Wildman–Crippen MR) is 125 cm³/mol. The molecule has 0 aromatic heterocycles. The van der Waals surface area contributed by atoms with E-state index in [-0.39, 0.29) is 23.3 Å². The maximum Gasteiger partial charge on any atom is 0.273 e. The van der Waals surface area contributed by atoms with E-state index in [0.717, 1.165) is 51.1 Å². The molecule has 0 bridgehead atoms. The second kappa shape index (κ2) is 9.99. The number of carbonyl (C=O) groups excluding carboxylic acids is 2. The summed E-state index contributed by atoms with van der Waals surface area (Å²) in [5.41, 5.74) is 2.33. The number of amides is 2. The molecule has 0 saturated carbocycles. The van der Waals surface area contributed by atoms with Crippen LogP contribution in [0.4, 0.5) is 17.1 Å². The first-order chi connectivity index (χ1) is 15.9. The molecule has 1 unspecified atom stereocenters. The molecule has 0 spiro atoms. The van der Waals surface area contributed by atoms with Crippen LogP contribution in [-0.2, 0) is 4.74 Å². The van der Waals surface area contributed by atoms with Gasteiger partial charge in [-0.25, -0.2) is 0 Å². The zero-order valence-electron chi connectivity index (χ0n) is 18.6. The van der Waals surface area contributed by atoms with Gasteiger partial charge >= 0.3 is 0 Å². The zero-order chi connectivity index (χ0) is 23.4. The maximum absolute atomic E-state index is 13.1. The lowest BCUT2D eigenvalue weighted by atomic mass is 10.1. The molecule has 2 saturated heterocycles. The highest BCUT2D eigenvalue weighted by Crippen LogP contribution is 2.28. The Hall–Kier alpha value is -3.46. The summed E-state index contributed by atoms with van der Waals surface area (Å²) >= 11 is 0. The van der Waals surface area contributed by atoms with Crippen molar-refractivity contribution < 1.29 is 19.2 Å². The predicted octanol–water partition coefficient (Wildman–Crippen LogP) is 3.66. The third kappa shape index (κ3) is 5.31. The van der Waals surface area contributed by atoms with Crippen LogP contribution in [0.15, 0.2) is 36.4 Å². The maximum atomic E-state index is 13.1. The fraction of sp³-hybridized carbons (Fsp3) is 0.417. The SMILES string of the molecule is Cc1ccc(C(=O)Nc2ccc(N3CCCC3)c(C(=O)NCC3CCCO3)c2)cc1[N+](=O)[O-]. The highest BCUT2D eigenvalue weighted by atomic mass is 16.6. The Labute approximate surface area is 192 Å². The van der Waals surface area contributed by atoms with Crippen molar-refractivity contribution in [3.8, 4) is 0 Å². The van der Waals surface area contributed by atoms with Gasteiger partial charge in [0.2, 0.25) is 0 Å². The van der Waals surface area contributed by atoms with Crippen molar-refractivity contribution in [1.29, 1.82) is 0 Å². The Balaban J connectivity index is 1.55. The summed E-state index contributed by atoms with van der Waals surface area (Å²) in [5.74, 6) is -0.688. The normalized spacial score (nSPS) is 17.7. The molecule has 2 fully saturated rings. The van der Waals surface area contributed by atoms with Gasteiger partial charge in [0.15, 0.2) is 0 Å². The molecule has 2 aliphatic rings. The number of carbonyl (C=O) groups is 2. The van der Waals surface area contributed by atoms with Crippen molar-refractivity contribution in [3.63, 3.8) is 0 Å². The van der Waals surface area contributed by atoms with E-state index in [1.54, 1.807) is 31.2 Å². The van der Waals surface area contributed by atoms with Crippen LogP contribution in [0.25, 0.3) is 0 Å². The number of nitro groups is 1. The summed E-state index contributed by atoms with van der Waals surface area (Å²) in [6.45, 7) is 4.55. The molecule has 9 nitrogen and oxygen atoms in total. The molecule has 0 radical (unpaired) electrons. The minimum Gasteiger partial charge on any atom is -0.376 e. The van der Waals surface area contributed by atoms with Gasteiger partial charge in [0.05, 0.1) is 16.6 Å². The van der Waals surface area contributed by atoms with Crippen LogP contribution >= 0.6 is 0 Å². The smallest absolute Gasteiger partial charge is 0.273 e. The van der Waals surface area contributed by atoms with Crippen LogP contribution in [0, 0.1) is 17.0 Å². The van der Waals surface area contributed by atoms with Crippen LogP contribution in [0.2, 0.25) is 0 Å².